The maximum atomic E-state index is 14.5. The molecule has 2 atom stereocenters. The third kappa shape index (κ3) is 2.82. The molecule has 1 aromatic carbocycles. The Labute approximate surface area is 100.0 Å². The SMILES string of the molecule is O=COC(Cc1ccccc1)C1(F)CCNC1. The van der Waals surface area contributed by atoms with Crippen molar-refractivity contribution in [2.75, 3.05) is 13.1 Å². The highest BCUT2D eigenvalue weighted by Gasteiger charge is 2.43. The Kier molecular flexibility index (Phi) is 3.74. The molecule has 0 aliphatic carbocycles. The van der Waals surface area contributed by atoms with Gasteiger partial charge in [-0.3, -0.25) is 4.79 Å². The monoisotopic (exact) mass is 237 g/mol. The zero-order valence-electron chi connectivity index (χ0n) is 9.56. The quantitative estimate of drug-likeness (QED) is 0.788. The van der Waals surface area contributed by atoms with Gasteiger partial charge in [-0.1, -0.05) is 30.3 Å². The summed E-state index contributed by atoms with van der Waals surface area (Å²) >= 11 is 0. The van der Waals surface area contributed by atoms with Gasteiger partial charge in [0.1, 0.15) is 6.10 Å². The van der Waals surface area contributed by atoms with Crippen molar-refractivity contribution in [3.63, 3.8) is 0 Å². The summed E-state index contributed by atoms with van der Waals surface area (Å²) in [5.74, 6) is 0. The molecule has 2 rings (SSSR count). The highest BCUT2D eigenvalue weighted by molar-refractivity contribution is 5.38. The molecule has 17 heavy (non-hydrogen) atoms. The standard InChI is InChI=1S/C13H16FNO2/c14-13(6-7-15-9-13)12(17-10-16)8-11-4-2-1-3-5-11/h1-5,10,12,15H,6-9H2. The average Bonchev–Trinajstić information content (AvgIpc) is 2.78. The first kappa shape index (κ1) is 12.0. The maximum Gasteiger partial charge on any atom is 0.293 e. The number of nitrogens with one attached hydrogen (secondary N) is 1. The molecule has 0 saturated carbocycles. The third-order valence-electron chi connectivity index (χ3n) is 3.20. The largest absolute Gasteiger partial charge is 0.461 e. The number of hydrogen-bond acceptors (Lipinski definition) is 3. The fourth-order valence-electron chi connectivity index (χ4n) is 2.20. The molecule has 1 N–H and O–H groups in total. The van der Waals surface area contributed by atoms with Gasteiger partial charge in [0.15, 0.2) is 5.67 Å². The lowest BCUT2D eigenvalue weighted by Crippen LogP contribution is -2.43. The summed E-state index contributed by atoms with van der Waals surface area (Å²) in [7, 11) is 0. The molecule has 2 unspecified atom stereocenters. The van der Waals surface area contributed by atoms with Crippen LogP contribution in [0.15, 0.2) is 30.3 Å². The molecule has 0 bridgehead atoms. The van der Waals surface area contributed by atoms with Crippen LogP contribution in [0.1, 0.15) is 12.0 Å². The third-order valence-corrected chi connectivity index (χ3v) is 3.20. The predicted octanol–water partition coefficient (Wildman–Crippen LogP) is 1.47. The van der Waals surface area contributed by atoms with E-state index in [1.165, 1.54) is 0 Å². The van der Waals surface area contributed by atoms with E-state index in [2.05, 4.69) is 5.32 Å². The lowest BCUT2D eigenvalue weighted by molar-refractivity contribution is -0.141. The normalized spacial score (nSPS) is 25.5. The second-order valence-corrected chi connectivity index (χ2v) is 4.37. The molecule has 0 amide bonds. The summed E-state index contributed by atoms with van der Waals surface area (Å²) in [5.41, 5.74) is -0.472. The summed E-state index contributed by atoms with van der Waals surface area (Å²) in [4.78, 5) is 10.5. The first-order chi connectivity index (χ1) is 8.24. The molecule has 1 aliphatic rings. The molecular weight excluding hydrogens is 221 g/mol. The van der Waals surface area contributed by atoms with Gasteiger partial charge in [0.05, 0.1) is 0 Å². The zero-order valence-corrected chi connectivity index (χ0v) is 9.56. The van der Waals surface area contributed by atoms with Crippen molar-refractivity contribution in [1.29, 1.82) is 0 Å². The number of carbonyl (C=O) groups is 1. The molecule has 1 heterocycles. The van der Waals surface area contributed by atoms with Gasteiger partial charge < -0.3 is 10.1 Å². The number of rotatable bonds is 5. The summed E-state index contributed by atoms with van der Waals surface area (Å²) in [5, 5.41) is 2.97. The van der Waals surface area contributed by atoms with E-state index < -0.39 is 11.8 Å². The van der Waals surface area contributed by atoms with Gasteiger partial charge in [-0.15, -0.1) is 0 Å². The Balaban J connectivity index is 2.09. The van der Waals surface area contributed by atoms with E-state index in [9.17, 15) is 9.18 Å². The van der Waals surface area contributed by atoms with E-state index in [0.29, 0.717) is 25.9 Å². The number of carbonyl (C=O) groups excluding carboxylic acids is 1. The summed E-state index contributed by atoms with van der Waals surface area (Å²) < 4.78 is 19.4. The van der Waals surface area contributed by atoms with Crippen LogP contribution in [-0.4, -0.2) is 31.3 Å². The summed E-state index contributed by atoms with van der Waals surface area (Å²) in [6.07, 6.45) is 0.0909. The fraction of sp³-hybridized carbons (Fsp3) is 0.462. The van der Waals surface area contributed by atoms with Crippen LogP contribution in [0.3, 0.4) is 0 Å². The number of halogens is 1. The molecular formula is C13H16FNO2. The molecule has 0 aromatic heterocycles. The van der Waals surface area contributed by atoms with Crippen LogP contribution in [0.25, 0.3) is 0 Å². The van der Waals surface area contributed by atoms with Crippen LogP contribution in [-0.2, 0) is 16.0 Å². The lowest BCUT2D eigenvalue weighted by atomic mass is 9.92. The van der Waals surface area contributed by atoms with Gasteiger partial charge in [-0.25, -0.2) is 4.39 Å². The molecule has 3 nitrogen and oxygen atoms in total. The smallest absolute Gasteiger partial charge is 0.293 e. The van der Waals surface area contributed by atoms with Gasteiger partial charge in [-0.05, 0) is 18.5 Å². The minimum Gasteiger partial charge on any atom is -0.461 e. The molecule has 1 aromatic rings. The predicted molar refractivity (Wildman–Crippen MR) is 62.4 cm³/mol. The highest BCUT2D eigenvalue weighted by Crippen LogP contribution is 2.28. The Hall–Kier alpha value is -1.42. The van der Waals surface area contributed by atoms with Crippen molar-refractivity contribution in [3.05, 3.63) is 35.9 Å². The number of hydrogen-bond donors (Lipinski definition) is 1. The molecule has 1 aliphatic heterocycles. The van der Waals surface area contributed by atoms with Crippen molar-refractivity contribution >= 4 is 6.47 Å². The second kappa shape index (κ2) is 5.27. The Morgan fingerprint density at radius 1 is 1.47 bits per heavy atom. The summed E-state index contributed by atoms with van der Waals surface area (Å²) in [6.45, 7) is 1.22. The maximum absolute atomic E-state index is 14.5. The van der Waals surface area contributed by atoms with Crippen LogP contribution in [0, 0.1) is 0 Å². The fourth-order valence-corrected chi connectivity index (χ4v) is 2.20. The van der Waals surface area contributed by atoms with Crippen molar-refractivity contribution in [3.8, 4) is 0 Å². The first-order valence-corrected chi connectivity index (χ1v) is 5.77. The van der Waals surface area contributed by atoms with Crippen molar-refractivity contribution in [1.82, 2.24) is 5.32 Å². The number of alkyl halides is 1. The van der Waals surface area contributed by atoms with Gasteiger partial charge in [0.2, 0.25) is 0 Å². The van der Waals surface area contributed by atoms with Crippen molar-refractivity contribution in [2.45, 2.75) is 24.6 Å². The van der Waals surface area contributed by atoms with Crippen LogP contribution in [0.2, 0.25) is 0 Å². The van der Waals surface area contributed by atoms with E-state index in [4.69, 9.17) is 4.74 Å². The van der Waals surface area contributed by atoms with Gasteiger partial charge in [0, 0.05) is 13.0 Å². The minimum absolute atomic E-state index is 0.248. The molecule has 0 spiro atoms. The molecule has 4 heteroatoms. The molecule has 1 fully saturated rings. The number of benzene rings is 1. The van der Waals surface area contributed by atoms with Crippen LogP contribution < -0.4 is 5.32 Å². The molecule has 92 valence electrons. The van der Waals surface area contributed by atoms with Crippen LogP contribution in [0.5, 0.6) is 0 Å². The zero-order chi connectivity index (χ0) is 12.1. The van der Waals surface area contributed by atoms with E-state index in [1.807, 2.05) is 30.3 Å². The lowest BCUT2D eigenvalue weighted by Gasteiger charge is -2.27. The Morgan fingerprint density at radius 3 is 2.82 bits per heavy atom. The van der Waals surface area contributed by atoms with Crippen molar-refractivity contribution in [2.24, 2.45) is 0 Å². The van der Waals surface area contributed by atoms with Gasteiger partial charge in [-0.2, -0.15) is 0 Å². The Bertz CT molecular complexity index is 363. The number of ether oxygens (including phenoxy) is 1. The average molecular weight is 237 g/mol. The second-order valence-electron chi connectivity index (χ2n) is 4.37. The first-order valence-electron chi connectivity index (χ1n) is 5.77. The Morgan fingerprint density at radius 2 is 2.24 bits per heavy atom. The van der Waals surface area contributed by atoms with E-state index in [-0.39, 0.29) is 6.54 Å². The highest BCUT2D eigenvalue weighted by atomic mass is 19.1. The van der Waals surface area contributed by atoms with Gasteiger partial charge in [0.25, 0.3) is 6.47 Å². The summed E-state index contributed by atoms with van der Waals surface area (Å²) in [6, 6.07) is 9.51. The minimum atomic E-state index is -1.45. The van der Waals surface area contributed by atoms with E-state index in [0.717, 1.165) is 5.56 Å². The van der Waals surface area contributed by atoms with E-state index >= 15 is 0 Å². The van der Waals surface area contributed by atoms with Gasteiger partial charge >= 0.3 is 0 Å². The molecule has 0 radical (unpaired) electrons. The van der Waals surface area contributed by atoms with Crippen LogP contribution in [0.4, 0.5) is 4.39 Å². The van der Waals surface area contributed by atoms with E-state index in [1.54, 1.807) is 0 Å². The van der Waals surface area contributed by atoms with Crippen LogP contribution >= 0.6 is 0 Å². The topological polar surface area (TPSA) is 38.3 Å². The molecule has 1 saturated heterocycles. The van der Waals surface area contributed by atoms with Crippen molar-refractivity contribution < 1.29 is 13.9 Å².